The molecule has 4 aromatic rings. The van der Waals surface area contributed by atoms with E-state index in [9.17, 15) is 9.59 Å². The molecule has 0 spiro atoms. The molecule has 32 heavy (non-hydrogen) atoms. The van der Waals surface area contributed by atoms with Gasteiger partial charge in [-0.15, -0.1) is 5.10 Å². The van der Waals surface area contributed by atoms with Crippen molar-refractivity contribution in [3.8, 4) is 0 Å². The van der Waals surface area contributed by atoms with Gasteiger partial charge in [-0.25, -0.2) is 14.6 Å². The largest absolute Gasteiger partial charge is 0.326 e. The SMILES string of the molecule is CC(=O)Nc1ccc(NC(=O)CSc2ncnc3c2nnn3Cc2ccc(Cl)cc2)cc1. The zero-order valence-corrected chi connectivity index (χ0v) is 18.5. The number of nitrogens with zero attached hydrogens (tertiary/aromatic N) is 5. The van der Waals surface area contributed by atoms with Gasteiger partial charge in [0.05, 0.1) is 12.3 Å². The third kappa shape index (κ3) is 5.40. The highest BCUT2D eigenvalue weighted by Crippen LogP contribution is 2.23. The number of benzene rings is 2. The number of aromatic nitrogens is 5. The van der Waals surface area contributed by atoms with E-state index in [4.69, 9.17) is 11.6 Å². The van der Waals surface area contributed by atoms with Crippen LogP contribution in [0.5, 0.6) is 0 Å². The van der Waals surface area contributed by atoms with E-state index in [0.717, 1.165) is 5.56 Å². The van der Waals surface area contributed by atoms with Crippen molar-refractivity contribution in [3.05, 3.63) is 65.4 Å². The van der Waals surface area contributed by atoms with E-state index < -0.39 is 0 Å². The van der Waals surface area contributed by atoms with E-state index in [2.05, 4.69) is 30.9 Å². The van der Waals surface area contributed by atoms with Crippen LogP contribution in [0.2, 0.25) is 5.02 Å². The van der Waals surface area contributed by atoms with Crippen LogP contribution in [0, 0.1) is 0 Å². The molecule has 4 rings (SSSR count). The average Bonchev–Trinajstić information content (AvgIpc) is 3.18. The van der Waals surface area contributed by atoms with Crippen molar-refractivity contribution >= 4 is 57.7 Å². The van der Waals surface area contributed by atoms with Crippen LogP contribution in [0.15, 0.2) is 59.9 Å². The monoisotopic (exact) mass is 467 g/mol. The molecule has 2 N–H and O–H groups in total. The number of anilines is 2. The summed E-state index contributed by atoms with van der Waals surface area (Å²) in [5, 5.41) is 15.1. The van der Waals surface area contributed by atoms with E-state index in [0.29, 0.717) is 39.1 Å². The first-order valence-corrected chi connectivity index (χ1v) is 10.9. The molecule has 0 aliphatic rings. The van der Waals surface area contributed by atoms with Crippen molar-refractivity contribution in [3.63, 3.8) is 0 Å². The molecule has 0 aliphatic heterocycles. The Kier molecular flexibility index (Phi) is 6.62. The standard InChI is InChI=1S/C21H18ClN7O2S/c1-13(30)25-16-6-8-17(9-7-16)26-18(31)11-32-21-19-20(23-12-24-21)29(28-27-19)10-14-2-4-15(22)5-3-14/h2-9,12H,10-11H2,1H3,(H,25,30)(H,26,31). The van der Waals surface area contributed by atoms with Crippen LogP contribution in [0.4, 0.5) is 11.4 Å². The number of thioether (sulfide) groups is 1. The lowest BCUT2D eigenvalue weighted by atomic mass is 10.2. The van der Waals surface area contributed by atoms with Crippen molar-refractivity contribution in [2.45, 2.75) is 18.5 Å². The second-order valence-corrected chi connectivity index (χ2v) is 8.22. The molecule has 9 nitrogen and oxygen atoms in total. The molecule has 0 unspecified atom stereocenters. The summed E-state index contributed by atoms with van der Waals surface area (Å²) in [5.41, 5.74) is 3.43. The van der Waals surface area contributed by atoms with Gasteiger partial charge in [-0.3, -0.25) is 9.59 Å². The van der Waals surface area contributed by atoms with Crippen LogP contribution >= 0.6 is 23.4 Å². The Morgan fingerprint density at radius 3 is 2.38 bits per heavy atom. The summed E-state index contributed by atoms with van der Waals surface area (Å²) in [5.74, 6) is -0.203. The summed E-state index contributed by atoms with van der Waals surface area (Å²) < 4.78 is 1.68. The van der Waals surface area contributed by atoms with Gasteiger partial charge in [-0.05, 0) is 42.0 Å². The maximum absolute atomic E-state index is 12.4. The average molecular weight is 468 g/mol. The number of carbonyl (C=O) groups is 2. The van der Waals surface area contributed by atoms with Gasteiger partial charge >= 0.3 is 0 Å². The fraction of sp³-hybridized carbons (Fsp3) is 0.143. The van der Waals surface area contributed by atoms with Crippen LogP contribution in [-0.4, -0.2) is 42.5 Å². The van der Waals surface area contributed by atoms with Gasteiger partial charge in [0.1, 0.15) is 11.4 Å². The Morgan fingerprint density at radius 2 is 1.69 bits per heavy atom. The normalized spacial score (nSPS) is 10.8. The van der Waals surface area contributed by atoms with Crippen LogP contribution < -0.4 is 10.6 Å². The van der Waals surface area contributed by atoms with Crippen molar-refractivity contribution in [2.75, 3.05) is 16.4 Å². The molecule has 2 amide bonds. The van der Waals surface area contributed by atoms with Crippen molar-refractivity contribution in [1.82, 2.24) is 25.0 Å². The molecule has 0 saturated carbocycles. The molecule has 0 fully saturated rings. The minimum Gasteiger partial charge on any atom is -0.326 e. The maximum Gasteiger partial charge on any atom is 0.234 e. The fourth-order valence-corrected chi connectivity index (χ4v) is 3.77. The van der Waals surface area contributed by atoms with Crippen LogP contribution in [0.1, 0.15) is 12.5 Å². The first-order chi connectivity index (χ1) is 15.5. The van der Waals surface area contributed by atoms with E-state index in [1.54, 1.807) is 28.9 Å². The fourth-order valence-electron chi connectivity index (χ4n) is 2.92. The Morgan fingerprint density at radius 1 is 1.00 bits per heavy atom. The van der Waals surface area contributed by atoms with Gasteiger partial charge in [0.15, 0.2) is 11.2 Å². The lowest BCUT2D eigenvalue weighted by Gasteiger charge is -2.07. The van der Waals surface area contributed by atoms with Crippen LogP contribution in [0.3, 0.4) is 0 Å². The minimum atomic E-state index is -0.192. The molecule has 2 heterocycles. The molecule has 0 bridgehead atoms. The Labute approximate surface area is 192 Å². The number of amides is 2. The highest BCUT2D eigenvalue weighted by molar-refractivity contribution is 8.00. The molecular formula is C21H18ClN7O2S. The van der Waals surface area contributed by atoms with Gasteiger partial charge in [0, 0.05) is 23.3 Å². The number of carbonyl (C=O) groups excluding carboxylic acids is 2. The number of hydrogen-bond acceptors (Lipinski definition) is 7. The Bertz CT molecular complexity index is 1260. The van der Waals surface area contributed by atoms with Gasteiger partial charge in [0.2, 0.25) is 11.8 Å². The zero-order chi connectivity index (χ0) is 22.5. The number of hydrogen-bond donors (Lipinski definition) is 2. The van der Waals surface area contributed by atoms with Crippen molar-refractivity contribution in [2.24, 2.45) is 0 Å². The second-order valence-electron chi connectivity index (χ2n) is 6.82. The summed E-state index contributed by atoms with van der Waals surface area (Å²) in [6.45, 7) is 1.93. The van der Waals surface area contributed by atoms with E-state index >= 15 is 0 Å². The predicted molar refractivity (Wildman–Crippen MR) is 124 cm³/mol. The lowest BCUT2D eigenvalue weighted by Crippen LogP contribution is -2.14. The van der Waals surface area contributed by atoms with E-state index in [1.165, 1.54) is 25.0 Å². The molecule has 0 saturated heterocycles. The van der Waals surface area contributed by atoms with Gasteiger partial charge in [-0.2, -0.15) is 0 Å². The quantitative estimate of drug-likeness (QED) is 0.315. The Hall–Kier alpha value is -3.50. The molecule has 0 atom stereocenters. The number of nitrogens with one attached hydrogen (secondary N) is 2. The highest BCUT2D eigenvalue weighted by atomic mass is 35.5. The smallest absolute Gasteiger partial charge is 0.234 e. The molecular weight excluding hydrogens is 450 g/mol. The Balaban J connectivity index is 1.40. The van der Waals surface area contributed by atoms with E-state index in [-0.39, 0.29) is 17.6 Å². The molecule has 0 aliphatic carbocycles. The van der Waals surface area contributed by atoms with Crippen LogP contribution in [-0.2, 0) is 16.1 Å². The van der Waals surface area contributed by atoms with Crippen molar-refractivity contribution in [1.29, 1.82) is 0 Å². The van der Waals surface area contributed by atoms with Gasteiger partial charge in [-0.1, -0.05) is 40.7 Å². The van der Waals surface area contributed by atoms with Crippen LogP contribution in [0.25, 0.3) is 11.2 Å². The summed E-state index contributed by atoms with van der Waals surface area (Å²) in [6.07, 6.45) is 1.44. The van der Waals surface area contributed by atoms with Gasteiger partial charge in [0.25, 0.3) is 0 Å². The number of rotatable bonds is 7. The maximum atomic E-state index is 12.4. The van der Waals surface area contributed by atoms with E-state index in [1.807, 2.05) is 24.3 Å². The predicted octanol–water partition coefficient (Wildman–Crippen LogP) is 3.61. The third-order valence-electron chi connectivity index (χ3n) is 4.34. The third-order valence-corrected chi connectivity index (χ3v) is 5.57. The number of halogens is 1. The lowest BCUT2D eigenvalue weighted by molar-refractivity contribution is -0.114. The number of fused-ring (bicyclic) bond motifs is 1. The summed E-state index contributed by atoms with van der Waals surface area (Å²) >= 11 is 7.20. The topological polar surface area (TPSA) is 115 Å². The van der Waals surface area contributed by atoms with Gasteiger partial charge < -0.3 is 10.6 Å². The highest BCUT2D eigenvalue weighted by Gasteiger charge is 2.14. The first kappa shape index (κ1) is 21.7. The molecule has 2 aromatic carbocycles. The summed E-state index contributed by atoms with van der Waals surface area (Å²) in [7, 11) is 0. The minimum absolute atomic E-state index is 0.142. The molecule has 11 heteroatoms. The molecule has 162 valence electrons. The second kappa shape index (κ2) is 9.75. The van der Waals surface area contributed by atoms with Crippen molar-refractivity contribution < 1.29 is 9.59 Å². The molecule has 2 aromatic heterocycles. The summed E-state index contributed by atoms with van der Waals surface area (Å²) in [6, 6.07) is 14.3. The molecule has 0 radical (unpaired) electrons. The summed E-state index contributed by atoms with van der Waals surface area (Å²) in [4.78, 5) is 32.0. The zero-order valence-electron chi connectivity index (χ0n) is 16.9. The first-order valence-electron chi connectivity index (χ1n) is 9.57.